The average Bonchev–Trinajstić information content (AvgIpc) is 2.96. The third-order valence-corrected chi connectivity index (χ3v) is 5.29. The van der Waals surface area contributed by atoms with Crippen LogP contribution in [0, 0.1) is 23.0 Å². The molecular weight excluding hydrogens is 381 g/mol. The number of hydrogen-bond donors (Lipinski definition) is 1. The Hall–Kier alpha value is -2.58. The fraction of sp³-hybridized carbons (Fsp3) is 0.421. The van der Waals surface area contributed by atoms with Crippen molar-refractivity contribution in [1.29, 1.82) is 0 Å². The van der Waals surface area contributed by atoms with Crippen LogP contribution in [0.15, 0.2) is 23.2 Å². The maximum absolute atomic E-state index is 14.6. The van der Waals surface area contributed by atoms with E-state index >= 15 is 0 Å². The highest BCUT2D eigenvalue weighted by atomic mass is 19.4. The Bertz CT molecular complexity index is 985. The number of benzene rings is 1. The molecule has 9 heteroatoms. The normalized spacial score (nSPS) is 23.8. The highest BCUT2D eigenvalue weighted by Crippen LogP contribution is 2.52. The van der Waals surface area contributed by atoms with E-state index in [1.54, 1.807) is 0 Å². The summed E-state index contributed by atoms with van der Waals surface area (Å²) in [4.78, 5) is 17.1. The number of Topliss-reactive ketones (excluding diaryl/α,β-unsaturated/α-hetero) is 1. The summed E-state index contributed by atoms with van der Waals surface area (Å²) in [6.07, 6.45) is -4.44. The van der Waals surface area contributed by atoms with Crippen LogP contribution < -0.4 is 0 Å². The van der Waals surface area contributed by atoms with Gasteiger partial charge in [0.15, 0.2) is 5.82 Å². The maximum Gasteiger partial charge on any atom is 0.433 e. The summed E-state index contributed by atoms with van der Waals surface area (Å²) in [5, 5.41) is 5.54. The van der Waals surface area contributed by atoms with Crippen LogP contribution in [0.4, 0.5) is 27.8 Å². The molecule has 1 aliphatic carbocycles. The zero-order chi connectivity index (χ0) is 20.4. The number of nitrogens with one attached hydrogen (secondary N) is 1. The number of H-pyrrole nitrogens is 1. The number of fused-ring (bicyclic) bond motifs is 2. The third kappa shape index (κ3) is 2.84. The first-order chi connectivity index (χ1) is 13.0. The zero-order valence-electron chi connectivity index (χ0n) is 15.0. The van der Waals surface area contributed by atoms with Crippen LogP contribution >= 0.6 is 0 Å². The number of hydrogen-bond acceptors (Lipinski definition) is 3. The number of rotatable bonds is 1. The summed E-state index contributed by atoms with van der Waals surface area (Å²) in [6, 6.07) is 3.06. The van der Waals surface area contributed by atoms with Crippen LogP contribution in [0.2, 0.25) is 0 Å². The largest absolute Gasteiger partial charge is 0.433 e. The highest BCUT2D eigenvalue weighted by Gasteiger charge is 2.51. The predicted molar refractivity (Wildman–Crippen MR) is 90.4 cm³/mol. The maximum atomic E-state index is 14.6. The lowest BCUT2D eigenvalue weighted by Crippen LogP contribution is -2.43. The summed E-state index contributed by atoms with van der Waals surface area (Å²) in [7, 11) is 0. The highest BCUT2D eigenvalue weighted by molar-refractivity contribution is 6.11. The molecule has 1 aromatic carbocycles. The van der Waals surface area contributed by atoms with Crippen LogP contribution in [0.5, 0.6) is 0 Å². The molecule has 1 fully saturated rings. The Kier molecular flexibility index (Phi) is 3.99. The van der Waals surface area contributed by atoms with E-state index in [1.807, 2.05) is 18.9 Å². The smallest absolute Gasteiger partial charge is 0.299 e. The minimum Gasteiger partial charge on any atom is -0.299 e. The standard InChI is InChI=1S/C19H16F5N3O/c1-18(2)6-10-13(11(28)7-18)14(12-8(20)4-3-5-9(12)21)15-16(19(22,23)24)26-27-17(15)25-10/h3-5,13-14H,6-7H2,1-2H3,(H,26,27). The van der Waals surface area contributed by atoms with Gasteiger partial charge in [0.25, 0.3) is 0 Å². The van der Waals surface area contributed by atoms with E-state index in [0.717, 1.165) is 18.2 Å². The van der Waals surface area contributed by atoms with E-state index in [4.69, 9.17) is 0 Å². The molecule has 0 bridgehead atoms. The van der Waals surface area contributed by atoms with Crippen molar-refractivity contribution in [3.05, 3.63) is 46.7 Å². The topological polar surface area (TPSA) is 58.1 Å². The van der Waals surface area contributed by atoms with Gasteiger partial charge in [-0.1, -0.05) is 19.9 Å². The van der Waals surface area contributed by atoms with Gasteiger partial charge in [0, 0.05) is 29.2 Å². The molecule has 1 saturated carbocycles. The first-order valence-electron chi connectivity index (χ1n) is 8.69. The van der Waals surface area contributed by atoms with Crippen LogP contribution in [-0.4, -0.2) is 21.7 Å². The molecular formula is C19H16F5N3O. The number of carbonyl (C=O) groups excluding carboxylic acids is 1. The van der Waals surface area contributed by atoms with Crippen molar-refractivity contribution in [2.24, 2.45) is 16.3 Å². The van der Waals surface area contributed by atoms with Crippen molar-refractivity contribution < 1.29 is 26.7 Å². The number of halogens is 5. The molecule has 28 heavy (non-hydrogen) atoms. The van der Waals surface area contributed by atoms with Gasteiger partial charge in [-0.25, -0.2) is 13.8 Å². The number of carbonyl (C=O) groups is 1. The Morgan fingerprint density at radius 2 is 1.71 bits per heavy atom. The molecule has 2 heterocycles. The molecule has 4 nitrogen and oxygen atoms in total. The lowest BCUT2D eigenvalue weighted by molar-refractivity contribution is -0.142. The second-order valence-electron chi connectivity index (χ2n) is 8.01. The molecule has 2 atom stereocenters. The second-order valence-corrected chi connectivity index (χ2v) is 8.01. The quantitative estimate of drug-likeness (QED) is 0.694. The number of alkyl halides is 3. The van der Waals surface area contributed by atoms with Gasteiger partial charge in [-0.05, 0) is 24.0 Å². The van der Waals surface area contributed by atoms with Gasteiger partial charge >= 0.3 is 6.18 Å². The van der Waals surface area contributed by atoms with Crippen molar-refractivity contribution in [3.63, 3.8) is 0 Å². The van der Waals surface area contributed by atoms with E-state index in [2.05, 4.69) is 10.1 Å². The number of aliphatic imine (C=N–C) groups is 1. The predicted octanol–water partition coefficient (Wildman–Crippen LogP) is 4.93. The van der Waals surface area contributed by atoms with E-state index in [0.29, 0.717) is 12.1 Å². The fourth-order valence-corrected chi connectivity index (χ4v) is 4.28. The van der Waals surface area contributed by atoms with Crippen LogP contribution in [0.3, 0.4) is 0 Å². The molecule has 2 aliphatic rings. The molecule has 0 radical (unpaired) electrons. The fourth-order valence-electron chi connectivity index (χ4n) is 4.28. The number of aromatic nitrogens is 2. The molecule has 1 aromatic heterocycles. The lowest BCUT2D eigenvalue weighted by atomic mass is 9.63. The van der Waals surface area contributed by atoms with Gasteiger partial charge in [0.05, 0.1) is 5.92 Å². The molecule has 2 aromatic rings. The molecule has 0 amide bonds. The van der Waals surface area contributed by atoms with Gasteiger partial charge < -0.3 is 0 Å². The number of nitrogens with zero attached hydrogens (tertiary/aromatic N) is 2. The Morgan fingerprint density at radius 3 is 2.32 bits per heavy atom. The van der Waals surface area contributed by atoms with E-state index < -0.39 is 51.9 Å². The van der Waals surface area contributed by atoms with Crippen molar-refractivity contribution in [2.75, 3.05) is 0 Å². The number of aromatic amines is 1. The molecule has 4 rings (SSSR count). The molecule has 0 spiro atoms. The van der Waals surface area contributed by atoms with Gasteiger partial charge in [-0.15, -0.1) is 0 Å². The molecule has 1 N–H and O–H groups in total. The average molecular weight is 397 g/mol. The molecule has 1 aliphatic heterocycles. The van der Waals surface area contributed by atoms with Gasteiger partial charge in [-0.2, -0.15) is 18.3 Å². The Morgan fingerprint density at radius 1 is 1.07 bits per heavy atom. The first kappa shape index (κ1) is 18.8. The van der Waals surface area contributed by atoms with Gasteiger partial charge in [0.2, 0.25) is 0 Å². The third-order valence-electron chi connectivity index (χ3n) is 5.29. The Balaban J connectivity index is 2.02. The van der Waals surface area contributed by atoms with Crippen LogP contribution in [0.1, 0.15) is 49.4 Å². The monoisotopic (exact) mass is 397 g/mol. The van der Waals surface area contributed by atoms with Crippen molar-refractivity contribution in [2.45, 2.75) is 38.8 Å². The summed E-state index contributed by atoms with van der Waals surface area (Å²) in [5.41, 5.74) is -2.44. The van der Waals surface area contributed by atoms with E-state index in [-0.39, 0.29) is 18.0 Å². The van der Waals surface area contributed by atoms with Crippen molar-refractivity contribution >= 4 is 17.3 Å². The minimum atomic E-state index is -4.84. The summed E-state index contributed by atoms with van der Waals surface area (Å²) >= 11 is 0. The van der Waals surface area contributed by atoms with Gasteiger partial charge in [0.1, 0.15) is 23.1 Å². The summed E-state index contributed by atoms with van der Waals surface area (Å²) < 4.78 is 69.9. The second kappa shape index (κ2) is 5.96. The molecule has 2 unspecified atom stereocenters. The molecule has 148 valence electrons. The first-order valence-corrected chi connectivity index (χ1v) is 8.69. The summed E-state index contributed by atoms with van der Waals surface area (Å²) in [6.45, 7) is 3.67. The Labute approximate surface area is 156 Å². The van der Waals surface area contributed by atoms with Crippen LogP contribution in [-0.2, 0) is 11.0 Å². The van der Waals surface area contributed by atoms with Crippen molar-refractivity contribution in [1.82, 2.24) is 10.2 Å². The number of ketones is 1. The van der Waals surface area contributed by atoms with Gasteiger partial charge in [-0.3, -0.25) is 9.89 Å². The lowest BCUT2D eigenvalue weighted by Gasteiger charge is -2.40. The summed E-state index contributed by atoms with van der Waals surface area (Å²) in [5.74, 6) is -5.33. The SMILES string of the molecule is CC1(C)CC(=O)C2C(=Nc3n[nH]c(C(F)(F)F)c3C2c2c(F)cccc2F)C1. The minimum absolute atomic E-state index is 0.0811. The van der Waals surface area contributed by atoms with E-state index in [9.17, 15) is 26.7 Å². The van der Waals surface area contributed by atoms with E-state index in [1.165, 1.54) is 0 Å². The van der Waals surface area contributed by atoms with Crippen LogP contribution in [0.25, 0.3) is 0 Å². The zero-order valence-corrected chi connectivity index (χ0v) is 15.0. The van der Waals surface area contributed by atoms with Crippen molar-refractivity contribution in [3.8, 4) is 0 Å². The molecule has 0 saturated heterocycles.